The number of hydrogen-bond donors (Lipinski definition) is 1. The van der Waals surface area contributed by atoms with Gasteiger partial charge in [-0.05, 0) is 47.9 Å². The van der Waals surface area contributed by atoms with E-state index < -0.39 is 17.6 Å². The lowest BCUT2D eigenvalue weighted by Gasteiger charge is -2.19. The van der Waals surface area contributed by atoms with E-state index in [9.17, 15) is 22.4 Å². The summed E-state index contributed by atoms with van der Waals surface area (Å²) in [5.41, 5.74) is 1.86. The Balaban J connectivity index is 1.57. The lowest BCUT2D eigenvalue weighted by atomic mass is 10.0. The number of carbonyl (C=O) groups is 1. The molecule has 1 N–H and O–H groups in total. The van der Waals surface area contributed by atoms with Crippen molar-refractivity contribution in [2.45, 2.75) is 19.0 Å². The number of ether oxygens (including phenoxy) is 1. The van der Waals surface area contributed by atoms with E-state index in [-0.39, 0.29) is 17.9 Å². The Labute approximate surface area is 193 Å². The van der Waals surface area contributed by atoms with Crippen LogP contribution in [0.3, 0.4) is 0 Å². The topological polar surface area (TPSA) is 67.3 Å². The Kier molecular flexibility index (Phi) is 6.78. The second-order valence-corrected chi connectivity index (χ2v) is 7.84. The fourth-order valence-electron chi connectivity index (χ4n) is 4.00. The number of aromatic nitrogens is 2. The maximum Gasteiger partial charge on any atom is 0.416 e. The van der Waals surface area contributed by atoms with Crippen molar-refractivity contribution in [2.24, 2.45) is 0 Å². The standard InChI is InChI=1S/C24H22F4N4O2/c1-34-8-6-29-23(33)20-3-2-4-21-19(20)5-7-32(21)22-13-18(30-14-31-22)11-15-9-16(24(26,27)28)12-17(25)10-15/h2-4,9-10,12-14H,5-8,11H2,1H3,(H,29,33). The minimum Gasteiger partial charge on any atom is -0.383 e. The van der Waals surface area contributed by atoms with Crippen LogP contribution in [0.5, 0.6) is 0 Å². The molecule has 6 nitrogen and oxygen atoms in total. The Morgan fingerprint density at radius 3 is 2.76 bits per heavy atom. The molecule has 0 aliphatic carbocycles. The fourth-order valence-corrected chi connectivity index (χ4v) is 4.00. The molecule has 4 rings (SSSR count). The van der Waals surface area contributed by atoms with Crippen LogP contribution in [0.1, 0.15) is 32.7 Å². The Hall–Kier alpha value is -3.53. The van der Waals surface area contributed by atoms with Gasteiger partial charge in [0.1, 0.15) is 18.0 Å². The zero-order valence-electron chi connectivity index (χ0n) is 18.3. The number of halogens is 4. The largest absolute Gasteiger partial charge is 0.416 e. The zero-order chi connectivity index (χ0) is 24.3. The van der Waals surface area contributed by atoms with Crippen molar-refractivity contribution >= 4 is 17.4 Å². The summed E-state index contributed by atoms with van der Waals surface area (Å²) < 4.78 is 57.9. The Bertz CT molecular complexity index is 1200. The number of fused-ring (bicyclic) bond motifs is 1. The predicted molar refractivity (Wildman–Crippen MR) is 118 cm³/mol. The molecule has 3 aromatic rings. The molecule has 1 aliphatic rings. The molecule has 34 heavy (non-hydrogen) atoms. The van der Waals surface area contributed by atoms with E-state index in [1.54, 1.807) is 25.3 Å². The molecule has 1 amide bonds. The number of alkyl halides is 3. The van der Waals surface area contributed by atoms with Crippen LogP contribution in [-0.2, 0) is 23.8 Å². The van der Waals surface area contributed by atoms with Gasteiger partial charge in [-0.1, -0.05) is 6.07 Å². The van der Waals surface area contributed by atoms with Crippen molar-refractivity contribution in [3.63, 3.8) is 0 Å². The van der Waals surface area contributed by atoms with Crippen LogP contribution < -0.4 is 10.2 Å². The van der Waals surface area contributed by atoms with Crippen molar-refractivity contribution in [1.82, 2.24) is 15.3 Å². The Morgan fingerprint density at radius 2 is 2.00 bits per heavy atom. The van der Waals surface area contributed by atoms with Crippen LogP contribution in [-0.4, -0.2) is 42.7 Å². The minimum atomic E-state index is -4.64. The number of benzene rings is 2. The molecule has 0 atom stereocenters. The summed E-state index contributed by atoms with van der Waals surface area (Å²) in [6.45, 7) is 1.38. The van der Waals surface area contributed by atoms with Crippen LogP contribution in [0.15, 0.2) is 48.8 Å². The summed E-state index contributed by atoms with van der Waals surface area (Å²) >= 11 is 0. The van der Waals surface area contributed by atoms with Gasteiger partial charge in [-0.25, -0.2) is 14.4 Å². The molecule has 0 spiro atoms. The number of nitrogens with zero attached hydrogens (tertiary/aromatic N) is 3. The molecule has 1 aliphatic heterocycles. The second kappa shape index (κ2) is 9.76. The summed E-state index contributed by atoms with van der Waals surface area (Å²) in [4.78, 5) is 23.0. The fraction of sp³-hybridized carbons (Fsp3) is 0.292. The molecule has 10 heteroatoms. The van der Waals surface area contributed by atoms with Crippen LogP contribution in [0.2, 0.25) is 0 Å². The Morgan fingerprint density at radius 1 is 1.18 bits per heavy atom. The van der Waals surface area contributed by atoms with E-state index in [4.69, 9.17) is 4.74 Å². The summed E-state index contributed by atoms with van der Waals surface area (Å²) in [7, 11) is 1.56. The predicted octanol–water partition coefficient (Wildman–Crippen LogP) is 4.30. The maximum absolute atomic E-state index is 13.8. The zero-order valence-corrected chi connectivity index (χ0v) is 18.3. The van der Waals surface area contributed by atoms with Gasteiger partial charge >= 0.3 is 6.18 Å². The van der Waals surface area contributed by atoms with Crippen LogP contribution in [0.4, 0.5) is 29.1 Å². The molecule has 0 saturated heterocycles. The van der Waals surface area contributed by atoms with Gasteiger partial charge in [-0.2, -0.15) is 13.2 Å². The number of hydrogen-bond acceptors (Lipinski definition) is 5. The highest BCUT2D eigenvalue weighted by molar-refractivity contribution is 5.98. The average Bonchev–Trinajstić information content (AvgIpc) is 3.23. The highest BCUT2D eigenvalue weighted by atomic mass is 19.4. The van der Waals surface area contributed by atoms with E-state index >= 15 is 0 Å². The highest BCUT2D eigenvalue weighted by Crippen LogP contribution is 2.36. The molecule has 0 fully saturated rings. The molecule has 0 bridgehead atoms. The van der Waals surface area contributed by atoms with Crippen molar-refractivity contribution in [3.8, 4) is 0 Å². The third kappa shape index (κ3) is 5.17. The molecule has 0 radical (unpaired) electrons. The van der Waals surface area contributed by atoms with Gasteiger partial charge in [0.2, 0.25) is 0 Å². The van der Waals surface area contributed by atoms with Gasteiger partial charge in [0.15, 0.2) is 0 Å². The van der Waals surface area contributed by atoms with Crippen LogP contribution >= 0.6 is 0 Å². The summed E-state index contributed by atoms with van der Waals surface area (Å²) in [5, 5.41) is 2.82. The van der Waals surface area contributed by atoms with Gasteiger partial charge in [0.25, 0.3) is 5.91 Å². The molecular formula is C24H22F4N4O2. The van der Waals surface area contributed by atoms with Crippen molar-refractivity contribution in [3.05, 3.63) is 82.6 Å². The van der Waals surface area contributed by atoms with Gasteiger partial charge in [-0.15, -0.1) is 0 Å². The monoisotopic (exact) mass is 474 g/mol. The normalized spacial score (nSPS) is 13.1. The molecular weight excluding hydrogens is 452 g/mol. The average molecular weight is 474 g/mol. The highest BCUT2D eigenvalue weighted by Gasteiger charge is 2.31. The third-order valence-electron chi connectivity index (χ3n) is 5.52. The first-order valence-electron chi connectivity index (χ1n) is 10.6. The number of carbonyl (C=O) groups excluding carboxylic acids is 1. The van der Waals surface area contributed by atoms with E-state index in [0.717, 1.165) is 23.4 Å². The SMILES string of the molecule is COCCNC(=O)c1cccc2c1CCN2c1cc(Cc2cc(F)cc(C(F)(F)F)c2)ncn1. The summed E-state index contributed by atoms with van der Waals surface area (Å²) in [6.07, 6.45) is -2.67. The number of amides is 1. The minimum absolute atomic E-state index is 0.0129. The quantitative estimate of drug-likeness (QED) is 0.409. The molecule has 0 unspecified atom stereocenters. The van der Waals surface area contributed by atoms with E-state index in [0.29, 0.717) is 49.3 Å². The van der Waals surface area contributed by atoms with Crippen LogP contribution in [0, 0.1) is 5.82 Å². The van der Waals surface area contributed by atoms with Gasteiger partial charge in [0.05, 0.1) is 17.9 Å². The molecule has 0 saturated carbocycles. The maximum atomic E-state index is 13.8. The molecule has 2 heterocycles. The molecule has 2 aromatic carbocycles. The summed E-state index contributed by atoms with van der Waals surface area (Å²) in [6, 6.07) is 9.56. The molecule has 1 aromatic heterocycles. The van der Waals surface area contributed by atoms with E-state index in [1.807, 2.05) is 11.0 Å². The second-order valence-electron chi connectivity index (χ2n) is 7.84. The van der Waals surface area contributed by atoms with Gasteiger partial charge in [0, 0.05) is 43.9 Å². The first-order valence-corrected chi connectivity index (χ1v) is 10.6. The summed E-state index contributed by atoms with van der Waals surface area (Å²) in [5.74, 6) is -0.595. The smallest absolute Gasteiger partial charge is 0.383 e. The lowest BCUT2D eigenvalue weighted by molar-refractivity contribution is -0.137. The lowest BCUT2D eigenvalue weighted by Crippen LogP contribution is -2.27. The molecule has 178 valence electrons. The van der Waals surface area contributed by atoms with Crippen LogP contribution in [0.25, 0.3) is 0 Å². The van der Waals surface area contributed by atoms with Gasteiger partial charge in [-0.3, -0.25) is 4.79 Å². The van der Waals surface area contributed by atoms with E-state index in [2.05, 4.69) is 15.3 Å². The van der Waals surface area contributed by atoms with Crippen molar-refractivity contribution in [1.29, 1.82) is 0 Å². The number of anilines is 2. The van der Waals surface area contributed by atoms with E-state index in [1.165, 1.54) is 6.33 Å². The van der Waals surface area contributed by atoms with Crippen molar-refractivity contribution < 1.29 is 27.1 Å². The number of nitrogens with one attached hydrogen (secondary N) is 1. The first-order chi connectivity index (χ1) is 16.3. The number of rotatable bonds is 7. The first kappa shape index (κ1) is 23.6. The third-order valence-corrected chi connectivity index (χ3v) is 5.52. The van der Waals surface area contributed by atoms with Gasteiger partial charge < -0.3 is 15.0 Å². The van der Waals surface area contributed by atoms with Crippen molar-refractivity contribution in [2.75, 3.05) is 31.7 Å². The number of methoxy groups -OCH3 is 1.